The predicted molar refractivity (Wildman–Crippen MR) is 140 cm³/mol. The van der Waals surface area contributed by atoms with E-state index in [0.29, 0.717) is 0 Å². The zero-order chi connectivity index (χ0) is 26.8. The lowest BCUT2D eigenvalue weighted by molar-refractivity contribution is -0.379. The van der Waals surface area contributed by atoms with Crippen molar-refractivity contribution in [2.75, 3.05) is 6.54 Å². The summed E-state index contributed by atoms with van der Waals surface area (Å²) in [5, 5.41) is 16.2. The average molecular weight is 516 g/mol. The number of benzene rings is 1. The molecule has 4 N–H and O–H groups in total. The number of aliphatic hydroxyl groups is 1. The molecular formula is C27H39N4O4S+. The van der Waals surface area contributed by atoms with Crippen LogP contribution in [0.15, 0.2) is 29.8 Å². The SMILES string of the molecule is Cc1[nH+]csc1-c1ccc([C@H](C)NC(=O)[C@@H]2C[C@@H](O)CN2C(=O)[C@@H](NC(=O)C(C)C)C(C)(C)C)cc1. The molecule has 1 aliphatic heterocycles. The second kappa shape index (κ2) is 11.1. The van der Waals surface area contributed by atoms with E-state index in [1.165, 1.54) is 9.78 Å². The molecule has 9 heteroatoms. The highest BCUT2D eigenvalue weighted by atomic mass is 32.1. The van der Waals surface area contributed by atoms with Gasteiger partial charge in [-0.25, -0.2) is 4.98 Å². The number of nitrogens with zero attached hydrogens (tertiary/aromatic N) is 1. The fraction of sp³-hybridized carbons (Fsp3) is 0.556. The van der Waals surface area contributed by atoms with Gasteiger partial charge < -0.3 is 20.6 Å². The first kappa shape index (κ1) is 27.8. The van der Waals surface area contributed by atoms with Crippen LogP contribution in [0.3, 0.4) is 0 Å². The van der Waals surface area contributed by atoms with E-state index in [4.69, 9.17) is 0 Å². The van der Waals surface area contributed by atoms with Gasteiger partial charge in [0.1, 0.15) is 17.0 Å². The Morgan fingerprint density at radius 2 is 1.75 bits per heavy atom. The van der Waals surface area contributed by atoms with Crippen molar-refractivity contribution in [1.29, 1.82) is 0 Å². The van der Waals surface area contributed by atoms with Crippen LogP contribution in [-0.4, -0.2) is 52.5 Å². The Kier molecular flexibility index (Phi) is 8.56. The summed E-state index contributed by atoms with van der Waals surface area (Å²) in [6.45, 7) is 13.1. The lowest BCUT2D eigenvalue weighted by Crippen LogP contribution is -2.58. The quantitative estimate of drug-likeness (QED) is 0.526. The summed E-state index contributed by atoms with van der Waals surface area (Å²) >= 11 is 1.64. The maximum atomic E-state index is 13.6. The number of H-pyrrole nitrogens is 1. The molecule has 2 heterocycles. The highest BCUT2D eigenvalue weighted by Gasteiger charge is 2.44. The third-order valence-electron chi connectivity index (χ3n) is 6.61. The molecule has 1 aliphatic rings. The van der Waals surface area contributed by atoms with E-state index in [9.17, 15) is 19.5 Å². The van der Waals surface area contributed by atoms with Crippen LogP contribution in [-0.2, 0) is 14.4 Å². The summed E-state index contributed by atoms with van der Waals surface area (Å²) in [6, 6.07) is 6.15. The molecule has 0 aliphatic carbocycles. The van der Waals surface area contributed by atoms with Crippen LogP contribution in [0, 0.1) is 18.3 Å². The molecule has 0 radical (unpaired) electrons. The Bertz CT molecular complexity index is 1090. The first-order valence-electron chi connectivity index (χ1n) is 12.4. The molecule has 36 heavy (non-hydrogen) atoms. The van der Waals surface area contributed by atoms with Crippen molar-refractivity contribution in [3.05, 3.63) is 41.0 Å². The van der Waals surface area contributed by atoms with Crippen molar-refractivity contribution >= 4 is 29.1 Å². The van der Waals surface area contributed by atoms with E-state index in [-0.39, 0.29) is 42.6 Å². The molecule has 1 aromatic heterocycles. The minimum Gasteiger partial charge on any atom is -0.391 e. The number of carbonyl (C=O) groups is 3. The van der Waals surface area contributed by atoms with Gasteiger partial charge in [-0.3, -0.25) is 14.4 Å². The van der Waals surface area contributed by atoms with Gasteiger partial charge in [-0.15, -0.1) is 0 Å². The molecule has 1 saturated heterocycles. The fourth-order valence-electron chi connectivity index (χ4n) is 4.36. The minimum absolute atomic E-state index is 0.0569. The Morgan fingerprint density at radius 3 is 2.28 bits per heavy atom. The van der Waals surface area contributed by atoms with E-state index in [2.05, 4.69) is 15.6 Å². The van der Waals surface area contributed by atoms with E-state index >= 15 is 0 Å². The monoisotopic (exact) mass is 515 g/mol. The molecule has 3 rings (SSSR count). The van der Waals surface area contributed by atoms with Crippen LogP contribution in [0.2, 0.25) is 0 Å². The van der Waals surface area contributed by atoms with E-state index in [1.54, 1.807) is 25.2 Å². The lowest BCUT2D eigenvalue weighted by atomic mass is 9.85. The smallest absolute Gasteiger partial charge is 0.246 e. The number of aryl methyl sites for hydroxylation is 1. The van der Waals surface area contributed by atoms with Crippen molar-refractivity contribution in [1.82, 2.24) is 15.5 Å². The molecule has 2 aromatic rings. The molecule has 8 nitrogen and oxygen atoms in total. The maximum absolute atomic E-state index is 13.6. The first-order valence-corrected chi connectivity index (χ1v) is 13.3. The summed E-state index contributed by atoms with van der Waals surface area (Å²) in [6.07, 6.45) is -0.640. The molecule has 196 valence electrons. The number of hydrogen-bond acceptors (Lipinski definition) is 5. The number of aromatic nitrogens is 1. The van der Waals surface area contributed by atoms with Crippen molar-refractivity contribution in [2.45, 2.75) is 79.1 Å². The number of nitrogens with one attached hydrogen (secondary N) is 3. The van der Waals surface area contributed by atoms with Crippen LogP contribution in [0.5, 0.6) is 0 Å². The van der Waals surface area contributed by atoms with E-state index < -0.39 is 23.6 Å². The highest BCUT2D eigenvalue weighted by molar-refractivity contribution is 7.13. The maximum Gasteiger partial charge on any atom is 0.246 e. The number of rotatable bonds is 7. The number of aliphatic hydroxyl groups excluding tert-OH is 1. The van der Waals surface area contributed by atoms with Gasteiger partial charge in [0.2, 0.25) is 23.2 Å². The summed E-state index contributed by atoms with van der Waals surface area (Å²) in [5.41, 5.74) is 4.54. The van der Waals surface area contributed by atoms with Gasteiger partial charge in [0, 0.05) is 25.8 Å². The number of carbonyl (C=O) groups excluding carboxylic acids is 3. The number of thiazole rings is 1. The second-order valence-corrected chi connectivity index (χ2v) is 11.9. The van der Waals surface area contributed by atoms with Crippen molar-refractivity contribution in [3.63, 3.8) is 0 Å². The molecule has 1 aromatic carbocycles. The van der Waals surface area contributed by atoms with E-state index in [1.807, 2.05) is 64.4 Å². The molecular weight excluding hydrogens is 476 g/mol. The van der Waals surface area contributed by atoms with Crippen molar-refractivity contribution < 1.29 is 24.5 Å². The van der Waals surface area contributed by atoms with Gasteiger partial charge in [-0.05, 0) is 23.5 Å². The molecule has 0 spiro atoms. The largest absolute Gasteiger partial charge is 0.391 e. The normalized spacial score (nSPS) is 19.8. The Labute approximate surface area is 217 Å². The molecule has 1 fully saturated rings. The summed E-state index contributed by atoms with van der Waals surface area (Å²) in [5.74, 6) is -1.17. The van der Waals surface area contributed by atoms with Crippen LogP contribution in [0.25, 0.3) is 10.4 Å². The molecule has 0 unspecified atom stereocenters. The topological polar surface area (TPSA) is 113 Å². The molecule has 4 atom stereocenters. The average Bonchev–Trinajstić information content (AvgIpc) is 3.41. The number of β-amino-alcohol motifs (C(OH)–C–C–N with tert-alkyl or cyclic N) is 1. The van der Waals surface area contributed by atoms with E-state index in [0.717, 1.165) is 16.8 Å². The Hall–Kier alpha value is -2.78. The van der Waals surface area contributed by atoms with Gasteiger partial charge >= 0.3 is 0 Å². The van der Waals surface area contributed by atoms with Gasteiger partial charge in [0.05, 0.1) is 12.1 Å². The standard InChI is InChI=1S/C27H38N4O4S/c1-15(2)24(33)30-23(27(5,6)7)26(35)31-13-20(32)12-21(31)25(34)29-16(3)18-8-10-19(11-9-18)22-17(4)28-14-36-22/h8-11,14-16,20-21,23,32H,12-13H2,1-7H3,(H,29,34)(H,30,33)/p+1/t16-,20+,21-,23+/m0/s1. The van der Waals surface area contributed by atoms with Crippen molar-refractivity contribution in [2.24, 2.45) is 11.3 Å². The molecule has 0 bridgehead atoms. The second-order valence-electron chi connectivity index (χ2n) is 11.0. The summed E-state index contributed by atoms with van der Waals surface area (Å²) in [7, 11) is 0. The lowest BCUT2D eigenvalue weighted by Gasteiger charge is -2.36. The van der Waals surface area contributed by atoms with Crippen molar-refractivity contribution in [3.8, 4) is 10.4 Å². The number of amides is 3. The van der Waals surface area contributed by atoms with Gasteiger partial charge in [-0.1, -0.05) is 70.2 Å². The van der Waals surface area contributed by atoms with Gasteiger partial charge in [-0.2, -0.15) is 0 Å². The van der Waals surface area contributed by atoms with Crippen LogP contribution < -0.4 is 15.6 Å². The van der Waals surface area contributed by atoms with Crippen LogP contribution in [0.4, 0.5) is 0 Å². The summed E-state index contributed by atoms with van der Waals surface area (Å²) in [4.78, 5) is 45.0. The zero-order valence-electron chi connectivity index (χ0n) is 22.2. The first-order chi connectivity index (χ1) is 16.8. The van der Waals surface area contributed by atoms with Crippen LogP contribution in [0.1, 0.15) is 65.3 Å². The minimum atomic E-state index is -0.809. The van der Waals surface area contributed by atoms with Gasteiger partial charge in [0.15, 0.2) is 5.69 Å². The number of likely N-dealkylation sites (tertiary alicyclic amines) is 1. The number of aromatic amines is 1. The Morgan fingerprint density at radius 1 is 1.11 bits per heavy atom. The number of hydrogen-bond donors (Lipinski definition) is 3. The van der Waals surface area contributed by atoms with Crippen LogP contribution >= 0.6 is 11.3 Å². The fourth-order valence-corrected chi connectivity index (χ4v) is 5.22. The third kappa shape index (κ3) is 6.31. The molecule has 0 saturated carbocycles. The van der Waals surface area contributed by atoms with Gasteiger partial charge in [0.25, 0.3) is 0 Å². The predicted octanol–water partition coefficient (Wildman–Crippen LogP) is 2.86. The molecule has 3 amide bonds. The highest BCUT2D eigenvalue weighted by Crippen LogP contribution is 2.28. The Balaban J connectivity index is 1.73. The zero-order valence-corrected chi connectivity index (χ0v) is 23.0. The third-order valence-corrected chi connectivity index (χ3v) is 7.63. The summed E-state index contributed by atoms with van der Waals surface area (Å²) < 4.78 is 0.